The molecule has 3 saturated heterocycles. The Bertz CT molecular complexity index is 866. The summed E-state index contributed by atoms with van der Waals surface area (Å²) in [6, 6.07) is -4.30. The van der Waals surface area contributed by atoms with Gasteiger partial charge in [0.1, 0.15) is 67.1 Å². The Morgan fingerprint density at radius 3 is 1.55 bits per heavy atom. The first-order chi connectivity index (χ1) is 19.8. The molecule has 3 aliphatic heterocycles. The SMILES string of the molecule is NC[C@@H]1O[C@H](O[C@H]2[C@@H](O)[C@@H](O[C@H]3[C@@H](O)[C@@H](N)C[C@@H](N)[C@H]3O[C@H]3O[C@@H](CO)[C@@H](O)[C@@H](O)[C@H]3N)O[C@H]2CO)[C@H](N)[C@H](O)[C@@H]1O. The maximum Gasteiger partial charge on any atom is 0.187 e. The molecule has 19 nitrogen and oxygen atoms in total. The lowest BCUT2D eigenvalue weighted by atomic mass is 9.84. The molecule has 0 aromatic heterocycles. The van der Waals surface area contributed by atoms with Crippen LogP contribution in [0, 0.1) is 0 Å². The molecule has 246 valence electrons. The Morgan fingerprint density at radius 1 is 0.524 bits per heavy atom. The summed E-state index contributed by atoms with van der Waals surface area (Å²) in [4.78, 5) is 0. The van der Waals surface area contributed by atoms with E-state index in [9.17, 15) is 40.9 Å². The van der Waals surface area contributed by atoms with Crippen LogP contribution in [0.4, 0.5) is 0 Å². The highest BCUT2D eigenvalue weighted by molar-refractivity contribution is 5.02. The van der Waals surface area contributed by atoms with E-state index in [0.717, 1.165) is 0 Å². The Hall–Kier alpha value is -0.760. The maximum absolute atomic E-state index is 11.1. The Kier molecular flexibility index (Phi) is 11.5. The molecule has 1 saturated carbocycles. The topological polar surface area (TPSA) is 347 Å². The molecule has 0 unspecified atom stereocenters. The molecule has 4 rings (SSSR count). The van der Waals surface area contributed by atoms with Crippen LogP contribution in [0.15, 0.2) is 0 Å². The van der Waals surface area contributed by atoms with Gasteiger partial charge >= 0.3 is 0 Å². The van der Waals surface area contributed by atoms with E-state index >= 15 is 0 Å². The van der Waals surface area contributed by atoms with Crippen molar-refractivity contribution in [3.63, 3.8) is 0 Å². The summed E-state index contributed by atoms with van der Waals surface area (Å²) in [5.41, 5.74) is 29.9. The maximum atomic E-state index is 11.1. The fourth-order valence-corrected chi connectivity index (χ4v) is 5.70. The smallest absolute Gasteiger partial charge is 0.187 e. The summed E-state index contributed by atoms with van der Waals surface area (Å²) in [7, 11) is 0. The second-order valence-corrected chi connectivity index (χ2v) is 11.2. The van der Waals surface area contributed by atoms with Gasteiger partial charge in [-0.2, -0.15) is 0 Å². The van der Waals surface area contributed by atoms with Crippen molar-refractivity contribution in [2.24, 2.45) is 28.7 Å². The van der Waals surface area contributed by atoms with Gasteiger partial charge in [-0.3, -0.25) is 0 Å². The highest BCUT2D eigenvalue weighted by Crippen LogP contribution is 2.34. The lowest BCUT2D eigenvalue weighted by Crippen LogP contribution is -2.68. The molecule has 0 aromatic rings. The number of hydrogen-bond donors (Lipinski definition) is 13. The van der Waals surface area contributed by atoms with Gasteiger partial charge in [0.2, 0.25) is 0 Å². The van der Waals surface area contributed by atoms with Crippen LogP contribution < -0.4 is 28.7 Å². The number of aliphatic hydroxyl groups is 8. The average molecular weight is 616 g/mol. The van der Waals surface area contributed by atoms with Crippen LogP contribution in [0.3, 0.4) is 0 Å². The van der Waals surface area contributed by atoms with E-state index in [2.05, 4.69) is 0 Å². The summed E-state index contributed by atoms with van der Waals surface area (Å²) in [5, 5.41) is 82.3. The third-order valence-electron chi connectivity index (χ3n) is 8.32. The summed E-state index contributed by atoms with van der Waals surface area (Å²) < 4.78 is 34.4. The minimum atomic E-state index is -1.62. The van der Waals surface area contributed by atoms with Crippen LogP contribution >= 0.6 is 0 Å². The summed E-state index contributed by atoms with van der Waals surface area (Å²) in [6.07, 6.45) is -20.5. The molecular weight excluding hydrogens is 570 g/mol. The normalized spacial score (nSPS) is 53.8. The number of nitrogens with two attached hydrogens (primary N) is 5. The van der Waals surface area contributed by atoms with Crippen molar-refractivity contribution >= 4 is 0 Å². The van der Waals surface area contributed by atoms with Gasteiger partial charge in [-0.05, 0) is 6.42 Å². The number of aliphatic hydroxyl groups excluding tert-OH is 8. The van der Waals surface area contributed by atoms with E-state index < -0.39 is 129 Å². The van der Waals surface area contributed by atoms with Gasteiger partial charge in [0.25, 0.3) is 0 Å². The van der Waals surface area contributed by atoms with Gasteiger partial charge < -0.3 is 97.9 Å². The predicted octanol–water partition coefficient (Wildman–Crippen LogP) is -8.86. The standard InChI is InChI=1S/C23H45N5O14/c24-2-7-13(32)15(34)10(27)21(37-7)41-19-9(4-30)39-23(17(19)36)42-20-12(31)5(25)1-6(26)18(20)40-22-11(28)16(35)14(33)8(3-29)38-22/h5-23,29-36H,1-4,24-28H2/t5-,6+,7-,8-,9-,10+,11+,12-,13+,14+,15-,16-,17+,18+,19+,20-,21+,22+,23+/m0/s1. The molecule has 0 bridgehead atoms. The fraction of sp³-hybridized carbons (Fsp3) is 1.00. The Morgan fingerprint density at radius 2 is 1.00 bits per heavy atom. The van der Waals surface area contributed by atoms with Crippen molar-refractivity contribution < 1.29 is 69.3 Å². The van der Waals surface area contributed by atoms with Crippen molar-refractivity contribution in [1.29, 1.82) is 0 Å². The molecule has 0 amide bonds. The first-order valence-electron chi connectivity index (χ1n) is 13.8. The molecule has 18 N–H and O–H groups in total. The van der Waals surface area contributed by atoms with Crippen molar-refractivity contribution in [2.75, 3.05) is 19.8 Å². The van der Waals surface area contributed by atoms with E-state index in [1.165, 1.54) is 0 Å². The molecule has 1 aliphatic carbocycles. The second-order valence-electron chi connectivity index (χ2n) is 11.2. The van der Waals surface area contributed by atoms with Crippen LogP contribution in [-0.4, -0.2) is 177 Å². The number of ether oxygens (including phenoxy) is 6. The van der Waals surface area contributed by atoms with E-state index in [4.69, 9.17) is 57.1 Å². The molecule has 4 fully saturated rings. The average Bonchev–Trinajstić information content (AvgIpc) is 3.27. The highest BCUT2D eigenvalue weighted by atomic mass is 16.8. The minimum absolute atomic E-state index is 0.0642. The van der Waals surface area contributed by atoms with E-state index in [-0.39, 0.29) is 13.0 Å². The molecule has 0 aromatic carbocycles. The van der Waals surface area contributed by atoms with Crippen molar-refractivity contribution in [3.05, 3.63) is 0 Å². The lowest BCUT2D eigenvalue weighted by Gasteiger charge is -2.47. The molecule has 0 radical (unpaired) electrons. The van der Waals surface area contributed by atoms with E-state index in [1.54, 1.807) is 0 Å². The highest BCUT2D eigenvalue weighted by Gasteiger charge is 2.54. The fourth-order valence-electron chi connectivity index (χ4n) is 5.70. The largest absolute Gasteiger partial charge is 0.394 e. The molecule has 42 heavy (non-hydrogen) atoms. The summed E-state index contributed by atoms with van der Waals surface area (Å²) >= 11 is 0. The van der Waals surface area contributed by atoms with Crippen LogP contribution in [0.5, 0.6) is 0 Å². The van der Waals surface area contributed by atoms with Crippen molar-refractivity contribution in [1.82, 2.24) is 0 Å². The lowest BCUT2D eigenvalue weighted by molar-refractivity contribution is -0.310. The molecule has 3 heterocycles. The Labute approximate surface area is 240 Å². The zero-order chi connectivity index (χ0) is 31.0. The van der Waals surface area contributed by atoms with Gasteiger partial charge in [0.05, 0.1) is 31.4 Å². The van der Waals surface area contributed by atoms with Crippen LogP contribution in [0.25, 0.3) is 0 Å². The van der Waals surface area contributed by atoms with E-state index in [0.29, 0.717) is 0 Å². The molecule has 19 heteroatoms. The molecule has 4 aliphatic rings. The first kappa shape index (κ1) is 34.1. The predicted molar refractivity (Wildman–Crippen MR) is 136 cm³/mol. The monoisotopic (exact) mass is 615 g/mol. The van der Waals surface area contributed by atoms with Crippen molar-refractivity contribution in [3.8, 4) is 0 Å². The third-order valence-corrected chi connectivity index (χ3v) is 8.32. The van der Waals surface area contributed by atoms with Crippen LogP contribution in [-0.2, 0) is 28.4 Å². The third kappa shape index (κ3) is 6.60. The number of rotatable bonds is 9. The van der Waals surface area contributed by atoms with Crippen LogP contribution in [0.1, 0.15) is 6.42 Å². The summed E-state index contributed by atoms with van der Waals surface area (Å²) in [5.74, 6) is 0. The van der Waals surface area contributed by atoms with Gasteiger partial charge in [-0.25, -0.2) is 0 Å². The molecule has 19 atom stereocenters. The molecule has 0 spiro atoms. The van der Waals surface area contributed by atoms with Gasteiger partial charge in [0, 0.05) is 18.6 Å². The quantitative estimate of drug-likeness (QED) is 0.114. The summed E-state index contributed by atoms with van der Waals surface area (Å²) in [6.45, 7) is -1.49. The van der Waals surface area contributed by atoms with Crippen molar-refractivity contribution in [2.45, 2.75) is 123 Å². The molecular formula is C23H45N5O14. The number of hydrogen-bond acceptors (Lipinski definition) is 19. The van der Waals surface area contributed by atoms with Gasteiger partial charge in [0.15, 0.2) is 18.9 Å². The van der Waals surface area contributed by atoms with Gasteiger partial charge in [-0.1, -0.05) is 0 Å². The minimum Gasteiger partial charge on any atom is -0.394 e. The Balaban J connectivity index is 1.50. The second kappa shape index (κ2) is 14.1. The van der Waals surface area contributed by atoms with Crippen LogP contribution in [0.2, 0.25) is 0 Å². The van der Waals surface area contributed by atoms with E-state index in [1.807, 2.05) is 0 Å². The zero-order valence-corrected chi connectivity index (χ0v) is 22.7. The first-order valence-corrected chi connectivity index (χ1v) is 13.8. The van der Waals surface area contributed by atoms with Gasteiger partial charge in [-0.15, -0.1) is 0 Å². The zero-order valence-electron chi connectivity index (χ0n) is 22.7.